The molecule has 202 valence electrons. The largest absolute Gasteiger partial charge is 0.481 e. The first-order chi connectivity index (χ1) is 18.3. The van der Waals surface area contributed by atoms with Gasteiger partial charge in [-0.05, 0) is 31.0 Å². The summed E-state index contributed by atoms with van der Waals surface area (Å²) >= 11 is 0. The normalized spacial score (nSPS) is 14.4. The molecule has 1 saturated heterocycles. The van der Waals surface area contributed by atoms with Crippen LogP contribution in [-0.2, 0) is 17.9 Å². The number of anilines is 1. The molecule has 1 aromatic heterocycles. The van der Waals surface area contributed by atoms with Crippen LogP contribution >= 0.6 is 0 Å². The fourth-order valence-electron chi connectivity index (χ4n) is 4.92. The molecule has 10 heteroatoms. The molecule has 2 heterocycles. The second-order valence-electron chi connectivity index (χ2n) is 9.55. The Bertz CT molecular complexity index is 1380. The Kier molecular flexibility index (Phi) is 8.75. The van der Waals surface area contributed by atoms with Crippen LogP contribution in [0.15, 0.2) is 58.1 Å². The Morgan fingerprint density at radius 1 is 1.05 bits per heavy atom. The van der Waals surface area contributed by atoms with Gasteiger partial charge in [-0.15, -0.1) is 0 Å². The molecule has 0 radical (unpaired) electrons. The molecule has 9 nitrogen and oxygen atoms in total. The minimum Gasteiger partial charge on any atom is -0.481 e. The number of hydrogen-bond donors (Lipinski definition) is 3. The standard InChI is InChI=1S/C28H34FN5O4/c1-19-7-6-10-23(29)22(19)17-33-20(2)26(32-15-13-30-14-16-32)27(37)34(28(33)38)18-24(31-12-11-25(35)36)21-8-4-3-5-9-21/h3-10,24,30-31H,11-18H2,1-2H3,(H,35,36)/t24-/m0/s1. The molecule has 1 atom stereocenters. The van der Waals surface area contributed by atoms with E-state index in [4.69, 9.17) is 5.11 Å². The van der Waals surface area contributed by atoms with Gasteiger partial charge in [-0.1, -0.05) is 42.5 Å². The SMILES string of the molecule is Cc1cccc(F)c1Cn1c(C)c(N2CCNCC2)c(=O)n(C[C@H](NCCC(=O)O)c2ccccc2)c1=O. The van der Waals surface area contributed by atoms with Crippen molar-refractivity contribution in [2.24, 2.45) is 0 Å². The lowest BCUT2D eigenvalue weighted by atomic mass is 10.1. The molecule has 2 aromatic carbocycles. The number of nitrogens with one attached hydrogen (secondary N) is 2. The molecule has 0 bridgehead atoms. The van der Waals surface area contributed by atoms with Crippen LogP contribution < -0.4 is 26.8 Å². The van der Waals surface area contributed by atoms with E-state index in [9.17, 15) is 18.8 Å². The van der Waals surface area contributed by atoms with E-state index in [1.807, 2.05) is 35.2 Å². The Morgan fingerprint density at radius 2 is 1.76 bits per heavy atom. The van der Waals surface area contributed by atoms with Crippen molar-refractivity contribution >= 4 is 11.7 Å². The van der Waals surface area contributed by atoms with Gasteiger partial charge in [-0.3, -0.25) is 18.7 Å². The molecule has 1 aliphatic heterocycles. The van der Waals surface area contributed by atoms with Crippen molar-refractivity contribution in [3.8, 4) is 0 Å². The number of carboxylic acids is 1. The average molecular weight is 524 g/mol. The molecular formula is C28H34FN5O4. The molecule has 3 N–H and O–H groups in total. The van der Waals surface area contributed by atoms with Crippen molar-refractivity contribution in [2.45, 2.75) is 39.4 Å². The van der Waals surface area contributed by atoms with E-state index in [-0.39, 0.29) is 26.1 Å². The Morgan fingerprint density at radius 3 is 2.42 bits per heavy atom. The predicted octanol–water partition coefficient (Wildman–Crippen LogP) is 2.03. The zero-order chi connectivity index (χ0) is 27.2. The number of benzene rings is 2. The number of aryl methyl sites for hydroxylation is 1. The van der Waals surface area contributed by atoms with Gasteiger partial charge in [0.15, 0.2) is 0 Å². The quantitative estimate of drug-likeness (QED) is 0.373. The molecule has 1 fully saturated rings. The van der Waals surface area contributed by atoms with Gasteiger partial charge in [0.25, 0.3) is 5.56 Å². The van der Waals surface area contributed by atoms with E-state index in [1.165, 1.54) is 15.2 Å². The molecule has 0 amide bonds. The Hall–Kier alpha value is -3.76. The van der Waals surface area contributed by atoms with Gasteiger partial charge in [-0.25, -0.2) is 9.18 Å². The summed E-state index contributed by atoms with van der Waals surface area (Å²) < 4.78 is 17.5. The van der Waals surface area contributed by atoms with Crippen LogP contribution in [0, 0.1) is 19.7 Å². The molecule has 4 rings (SSSR count). The van der Waals surface area contributed by atoms with E-state index in [0.717, 1.165) is 11.1 Å². The van der Waals surface area contributed by atoms with E-state index < -0.39 is 29.1 Å². The fourth-order valence-corrected chi connectivity index (χ4v) is 4.92. The van der Waals surface area contributed by atoms with Crippen LogP contribution in [0.1, 0.15) is 34.8 Å². The monoisotopic (exact) mass is 523 g/mol. The minimum atomic E-state index is -0.944. The van der Waals surface area contributed by atoms with Gasteiger partial charge in [0.05, 0.1) is 25.6 Å². The second-order valence-corrected chi connectivity index (χ2v) is 9.55. The summed E-state index contributed by atoms with van der Waals surface area (Å²) in [4.78, 5) is 40.9. The first-order valence-electron chi connectivity index (χ1n) is 12.8. The lowest BCUT2D eigenvalue weighted by molar-refractivity contribution is -0.136. The van der Waals surface area contributed by atoms with E-state index in [1.54, 1.807) is 26.0 Å². The van der Waals surface area contributed by atoms with Gasteiger partial charge < -0.3 is 20.6 Å². The van der Waals surface area contributed by atoms with Gasteiger partial charge in [-0.2, -0.15) is 0 Å². The zero-order valence-electron chi connectivity index (χ0n) is 21.7. The highest BCUT2D eigenvalue weighted by atomic mass is 19.1. The van der Waals surface area contributed by atoms with Crippen molar-refractivity contribution in [1.82, 2.24) is 19.8 Å². The van der Waals surface area contributed by atoms with Gasteiger partial charge >= 0.3 is 11.7 Å². The average Bonchev–Trinajstić information content (AvgIpc) is 2.90. The number of aliphatic carboxylic acids is 1. The van der Waals surface area contributed by atoms with E-state index >= 15 is 0 Å². The molecule has 1 aliphatic rings. The van der Waals surface area contributed by atoms with Crippen molar-refractivity contribution in [2.75, 3.05) is 37.6 Å². The number of halogens is 1. The summed E-state index contributed by atoms with van der Waals surface area (Å²) in [5.74, 6) is -1.35. The third kappa shape index (κ3) is 6.03. The fraction of sp³-hybridized carbons (Fsp3) is 0.393. The molecule has 38 heavy (non-hydrogen) atoms. The summed E-state index contributed by atoms with van der Waals surface area (Å²) in [7, 11) is 0. The number of carboxylic acid groups (broad SMARTS) is 1. The van der Waals surface area contributed by atoms with Crippen molar-refractivity contribution in [3.05, 3.63) is 97.6 Å². The number of hydrogen-bond acceptors (Lipinski definition) is 6. The number of rotatable bonds is 10. The molecular weight excluding hydrogens is 489 g/mol. The molecule has 0 spiro atoms. The Labute approximate surface area is 220 Å². The smallest absolute Gasteiger partial charge is 0.331 e. The maximum absolute atomic E-state index is 14.8. The maximum atomic E-state index is 14.8. The van der Waals surface area contributed by atoms with E-state index in [0.29, 0.717) is 43.1 Å². The highest BCUT2D eigenvalue weighted by Gasteiger charge is 2.25. The van der Waals surface area contributed by atoms with Crippen LogP contribution in [0.2, 0.25) is 0 Å². The van der Waals surface area contributed by atoms with Gasteiger partial charge in [0.1, 0.15) is 11.5 Å². The summed E-state index contributed by atoms with van der Waals surface area (Å²) in [6.45, 7) is 6.30. The summed E-state index contributed by atoms with van der Waals surface area (Å²) in [6.07, 6.45) is -0.102. The van der Waals surface area contributed by atoms with Crippen LogP contribution in [0.4, 0.5) is 10.1 Å². The van der Waals surface area contributed by atoms with Gasteiger partial charge in [0.2, 0.25) is 0 Å². The molecule has 0 aliphatic carbocycles. The zero-order valence-corrected chi connectivity index (χ0v) is 21.7. The lowest BCUT2D eigenvalue weighted by Crippen LogP contribution is -2.50. The molecule has 3 aromatic rings. The molecule has 0 saturated carbocycles. The second kappa shape index (κ2) is 12.2. The first kappa shape index (κ1) is 27.3. The lowest BCUT2D eigenvalue weighted by Gasteiger charge is -2.32. The maximum Gasteiger partial charge on any atom is 0.331 e. The topological polar surface area (TPSA) is 109 Å². The Balaban J connectivity index is 1.83. The van der Waals surface area contributed by atoms with E-state index in [2.05, 4.69) is 10.6 Å². The number of nitrogens with zero attached hydrogens (tertiary/aromatic N) is 3. The van der Waals surface area contributed by atoms with Crippen LogP contribution in [0.5, 0.6) is 0 Å². The highest BCUT2D eigenvalue weighted by molar-refractivity contribution is 5.66. The van der Waals surface area contributed by atoms with Crippen molar-refractivity contribution < 1.29 is 14.3 Å². The predicted molar refractivity (Wildman–Crippen MR) is 144 cm³/mol. The van der Waals surface area contributed by atoms with Crippen molar-refractivity contribution in [3.63, 3.8) is 0 Å². The highest BCUT2D eigenvalue weighted by Crippen LogP contribution is 2.20. The van der Waals surface area contributed by atoms with Crippen LogP contribution in [-0.4, -0.2) is 52.9 Å². The summed E-state index contributed by atoms with van der Waals surface area (Å²) in [5.41, 5.74) is 1.92. The number of aromatic nitrogens is 2. The number of piperazine rings is 1. The third-order valence-electron chi connectivity index (χ3n) is 7.06. The van der Waals surface area contributed by atoms with Crippen LogP contribution in [0.25, 0.3) is 0 Å². The third-order valence-corrected chi connectivity index (χ3v) is 7.06. The first-order valence-corrected chi connectivity index (χ1v) is 12.8. The summed E-state index contributed by atoms with van der Waals surface area (Å²) in [5, 5.41) is 15.6. The number of carbonyl (C=O) groups is 1. The molecule has 0 unspecified atom stereocenters. The van der Waals surface area contributed by atoms with Crippen molar-refractivity contribution in [1.29, 1.82) is 0 Å². The van der Waals surface area contributed by atoms with Gasteiger partial charge in [0, 0.05) is 44.0 Å². The summed E-state index contributed by atoms with van der Waals surface area (Å²) in [6, 6.07) is 13.6. The van der Waals surface area contributed by atoms with Crippen LogP contribution in [0.3, 0.4) is 0 Å². The minimum absolute atomic E-state index is 0.00305.